The Morgan fingerprint density at radius 3 is 2.94 bits per heavy atom. The first kappa shape index (κ1) is 11.7. The predicted octanol–water partition coefficient (Wildman–Crippen LogP) is 0.468. The number of aliphatic hydroxyl groups is 1. The van der Waals surface area contributed by atoms with Gasteiger partial charge < -0.3 is 10.8 Å². The lowest BCUT2D eigenvalue weighted by Crippen LogP contribution is -2.25. The van der Waals surface area contributed by atoms with Crippen molar-refractivity contribution < 1.29 is 5.11 Å². The summed E-state index contributed by atoms with van der Waals surface area (Å²) in [6, 6.07) is 1.70. The summed E-state index contributed by atoms with van der Waals surface area (Å²) in [7, 11) is 0. The van der Waals surface area contributed by atoms with Crippen molar-refractivity contribution >= 4 is 16.9 Å². The van der Waals surface area contributed by atoms with E-state index < -0.39 is 5.60 Å². The van der Waals surface area contributed by atoms with E-state index in [2.05, 4.69) is 9.97 Å². The van der Waals surface area contributed by atoms with Gasteiger partial charge in [-0.3, -0.25) is 9.55 Å². The molecule has 0 radical (unpaired) electrons. The number of hydrogen-bond acceptors (Lipinski definition) is 4. The van der Waals surface area contributed by atoms with Gasteiger partial charge in [-0.15, -0.1) is 0 Å². The van der Waals surface area contributed by atoms with Gasteiger partial charge in [0.1, 0.15) is 0 Å². The van der Waals surface area contributed by atoms with Crippen molar-refractivity contribution in [3.05, 3.63) is 22.7 Å². The number of imidazole rings is 1. The number of nitrogens with one attached hydrogen (secondary N) is 1. The molecule has 0 atom stereocenters. The molecule has 2 heterocycles. The Bertz CT molecular complexity index is 592. The molecule has 0 amide bonds. The topological polar surface area (TPSA) is 96.9 Å². The van der Waals surface area contributed by atoms with E-state index in [4.69, 9.17) is 5.73 Å². The minimum atomic E-state index is -0.809. The maximum absolute atomic E-state index is 11.7. The van der Waals surface area contributed by atoms with Crippen LogP contribution in [-0.4, -0.2) is 25.2 Å². The van der Waals surface area contributed by atoms with Crippen LogP contribution in [0.25, 0.3) is 11.2 Å². The molecule has 2 aromatic heterocycles. The van der Waals surface area contributed by atoms with E-state index in [9.17, 15) is 9.90 Å². The lowest BCUT2D eigenvalue weighted by Gasteiger charge is -2.16. The highest BCUT2D eigenvalue weighted by Crippen LogP contribution is 2.14. The number of nitrogens with zero attached hydrogens (tertiary/aromatic N) is 2. The molecule has 2 aromatic rings. The van der Waals surface area contributed by atoms with Crippen LogP contribution in [0.5, 0.6) is 0 Å². The number of hydrogen-bond donors (Lipinski definition) is 3. The normalized spacial score (nSPS) is 12.2. The standard InChI is InChI=1S/C11H16N4O2/c1-11(2,17)3-4-15-8-5-7(12)6-13-9(8)14-10(15)16/h5-6,17H,3-4,12H2,1-2H3,(H,13,14,16). The summed E-state index contributed by atoms with van der Waals surface area (Å²) in [5.74, 6) is 0. The van der Waals surface area contributed by atoms with Crippen molar-refractivity contribution in [2.75, 3.05) is 5.73 Å². The Labute approximate surface area is 98.1 Å². The average Bonchev–Trinajstić information content (AvgIpc) is 2.49. The fourth-order valence-corrected chi connectivity index (χ4v) is 1.66. The predicted molar refractivity (Wildman–Crippen MR) is 65.7 cm³/mol. The summed E-state index contributed by atoms with van der Waals surface area (Å²) in [5.41, 5.74) is 6.29. The van der Waals surface area contributed by atoms with Crippen molar-refractivity contribution in [3.63, 3.8) is 0 Å². The van der Waals surface area contributed by atoms with Gasteiger partial charge in [0.05, 0.1) is 23.0 Å². The second-order valence-electron chi connectivity index (χ2n) is 4.78. The highest BCUT2D eigenvalue weighted by molar-refractivity contribution is 5.74. The van der Waals surface area contributed by atoms with Crippen LogP contribution in [0, 0.1) is 0 Å². The number of anilines is 1. The Hall–Kier alpha value is -1.82. The first-order valence-electron chi connectivity index (χ1n) is 5.43. The Balaban J connectivity index is 2.42. The lowest BCUT2D eigenvalue weighted by molar-refractivity contribution is 0.0663. The largest absolute Gasteiger partial charge is 0.397 e. The molecule has 6 heteroatoms. The summed E-state index contributed by atoms with van der Waals surface area (Å²) < 4.78 is 1.54. The van der Waals surface area contributed by atoms with Gasteiger partial charge in [-0.2, -0.15) is 0 Å². The van der Waals surface area contributed by atoms with E-state index in [1.165, 1.54) is 10.8 Å². The molecule has 2 rings (SSSR count). The summed E-state index contributed by atoms with van der Waals surface area (Å²) in [4.78, 5) is 18.4. The summed E-state index contributed by atoms with van der Waals surface area (Å²) in [6.07, 6.45) is 1.98. The maximum Gasteiger partial charge on any atom is 0.327 e. The number of rotatable bonds is 3. The third-order valence-electron chi connectivity index (χ3n) is 2.60. The van der Waals surface area contributed by atoms with Crippen molar-refractivity contribution in [2.24, 2.45) is 0 Å². The van der Waals surface area contributed by atoms with Crippen LogP contribution in [0.15, 0.2) is 17.1 Å². The fraction of sp³-hybridized carbons (Fsp3) is 0.455. The summed E-state index contributed by atoms with van der Waals surface area (Å²) in [6.45, 7) is 3.84. The molecule has 0 fully saturated rings. The molecule has 17 heavy (non-hydrogen) atoms. The first-order chi connectivity index (χ1) is 7.87. The molecular weight excluding hydrogens is 220 g/mol. The molecule has 0 bridgehead atoms. The van der Waals surface area contributed by atoms with Crippen LogP contribution in [-0.2, 0) is 6.54 Å². The fourth-order valence-electron chi connectivity index (χ4n) is 1.66. The van der Waals surface area contributed by atoms with E-state index in [1.807, 2.05) is 0 Å². The van der Waals surface area contributed by atoms with E-state index in [-0.39, 0.29) is 5.69 Å². The van der Waals surface area contributed by atoms with Crippen molar-refractivity contribution in [2.45, 2.75) is 32.4 Å². The minimum absolute atomic E-state index is 0.234. The Morgan fingerprint density at radius 2 is 2.29 bits per heavy atom. The van der Waals surface area contributed by atoms with Crippen LogP contribution in [0.1, 0.15) is 20.3 Å². The van der Waals surface area contributed by atoms with Crippen molar-refractivity contribution in [3.8, 4) is 0 Å². The van der Waals surface area contributed by atoms with Gasteiger partial charge >= 0.3 is 5.69 Å². The van der Waals surface area contributed by atoms with Crippen molar-refractivity contribution in [1.82, 2.24) is 14.5 Å². The lowest BCUT2D eigenvalue weighted by atomic mass is 10.1. The zero-order chi connectivity index (χ0) is 12.6. The van der Waals surface area contributed by atoms with Crippen molar-refractivity contribution in [1.29, 1.82) is 0 Å². The maximum atomic E-state index is 11.7. The minimum Gasteiger partial charge on any atom is -0.397 e. The molecule has 0 unspecified atom stereocenters. The molecule has 6 nitrogen and oxygen atoms in total. The molecule has 0 aromatic carbocycles. The zero-order valence-corrected chi connectivity index (χ0v) is 9.90. The number of aryl methyl sites for hydroxylation is 1. The van der Waals surface area contributed by atoms with Crippen LogP contribution < -0.4 is 11.4 Å². The Morgan fingerprint density at radius 1 is 1.59 bits per heavy atom. The van der Waals surface area contributed by atoms with Gasteiger partial charge in [-0.05, 0) is 26.3 Å². The summed E-state index contributed by atoms with van der Waals surface area (Å²) >= 11 is 0. The average molecular weight is 236 g/mol. The van der Waals surface area contributed by atoms with Gasteiger partial charge in [-0.1, -0.05) is 0 Å². The molecule has 0 aliphatic rings. The number of nitrogen functional groups attached to an aromatic ring is 1. The molecular formula is C11H16N4O2. The molecule has 92 valence electrons. The quantitative estimate of drug-likeness (QED) is 0.721. The monoisotopic (exact) mass is 236 g/mol. The smallest absolute Gasteiger partial charge is 0.327 e. The number of aromatic nitrogens is 3. The second-order valence-corrected chi connectivity index (χ2v) is 4.78. The van der Waals surface area contributed by atoms with Gasteiger partial charge in [0, 0.05) is 6.54 Å². The SMILES string of the molecule is CC(C)(O)CCn1c(=O)[nH]c2ncc(N)cc21. The van der Waals surface area contributed by atoms with E-state index in [0.29, 0.717) is 29.8 Å². The molecule has 0 saturated heterocycles. The first-order valence-corrected chi connectivity index (χ1v) is 5.43. The highest BCUT2D eigenvalue weighted by atomic mass is 16.3. The molecule has 0 spiro atoms. The summed E-state index contributed by atoms with van der Waals surface area (Å²) in [5, 5.41) is 9.67. The number of fused-ring (bicyclic) bond motifs is 1. The number of H-pyrrole nitrogens is 1. The molecule has 0 aliphatic carbocycles. The molecule has 4 N–H and O–H groups in total. The number of aromatic amines is 1. The van der Waals surface area contributed by atoms with Crippen LogP contribution in [0.3, 0.4) is 0 Å². The second kappa shape index (κ2) is 3.89. The zero-order valence-electron chi connectivity index (χ0n) is 9.90. The van der Waals surface area contributed by atoms with E-state index in [0.717, 1.165) is 0 Å². The molecule has 0 aliphatic heterocycles. The third kappa shape index (κ3) is 2.47. The van der Waals surface area contributed by atoms with E-state index in [1.54, 1.807) is 19.9 Å². The van der Waals surface area contributed by atoms with Gasteiger partial charge in [0.2, 0.25) is 0 Å². The Kier molecular flexibility index (Phi) is 2.66. The van der Waals surface area contributed by atoms with Crippen LogP contribution >= 0.6 is 0 Å². The number of nitrogens with two attached hydrogens (primary N) is 1. The highest BCUT2D eigenvalue weighted by Gasteiger charge is 2.15. The van der Waals surface area contributed by atoms with Gasteiger partial charge in [0.15, 0.2) is 5.65 Å². The van der Waals surface area contributed by atoms with Crippen LogP contribution in [0.2, 0.25) is 0 Å². The van der Waals surface area contributed by atoms with Gasteiger partial charge in [0.25, 0.3) is 0 Å². The number of pyridine rings is 1. The van der Waals surface area contributed by atoms with Crippen LogP contribution in [0.4, 0.5) is 5.69 Å². The van der Waals surface area contributed by atoms with Gasteiger partial charge in [-0.25, -0.2) is 9.78 Å². The third-order valence-corrected chi connectivity index (χ3v) is 2.60. The molecule has 0 saturated carbocycles. The van der Waals surface area contributed by atoms with E-state index >= 15 is 0 Å².